The van der Waals surface area contributed by atoms with Gasteiger partial charge in [-0.15, -0.1) is 0 Å². The molecule has 0 aliphatic carbocycles. The van der Waals surface area contributed by atoms with Crippen molar-refractivity contribution in [1.82, 2.24) is 26.6 Å². The number of aryl methyl sites for hydroxylation is 6. The minimum Gasteiger partial charge on any atom is -0.481 e. The Morgan fingerprint density at radius 1 is 0.436 bits per heavy atom. The fourth-order valence-corrected chi connectivity index (χ4v) is 12.7. The van der Waals surface area contributed by atoms with Gasteiger partial charge < -0.3 is 61.3 Å². The summed E-state index contributed by atoms with van der Waals surface area (Å²) in [6, 6.07) is 53.6. The maximum Gasteiger partial charge on any atom is 0.325 e. The van der Waals surface area contributed by atoms with Crippen LogP contribution in [-0.2, 0) is 110 Å². The fourth-order valence-electron chi connectivity index (χ4n) is 12.7. The van der Waals surface area contributed by atoms with Crippen LogP contribution >= 0.6 is 0 Å². The largest absolute Gasteiger partial charge is 0.481 e. The number of carboxylic acids is 2. The molecule has 0 aromatic heterocycles. The number of carbonyl (C=O) groups excluding carboxylic acids is 12. The Morgan fingerprint density at radius 3 is 1.14 bits per heavy atom. The Kier molecular flexibility index (Phi) is 31.6. The average molecular weight is 1500 g/mol. The van der Waals surface area contributed by atoms with Gasteiger partial charge in [-0.25, -0.2) is 0 Å². The van der Waals surface area contributed by atoms with Gasteiger partial charge in [0.1, 0.15) is 56.6 Å². The first-order valence-corrected chi connectivity index (χ1v) is 35.7. The summed E-state index contributed by atoms with van der Waals surface area (Å²) in [4.78, 5) is 175. The lowest BCUT2D eigenvalue weighted by Gasteiger charge is -2.26. The number of aliphatic carboxylic acids is 2. The molecule has 4 aliphatic rings. The molecule has 0 spiro atoms. The number of carboxylic acid groups (broad SMARTS) is 2. The molecule has 4 heterocycles. The summed E-state index contributed by atoms with van der Waals surface area (Å²) >= 11 is 0. The molecule has 4 aliphatic heterocycles. The summed E-state index contributed by atoms with van der Waals surface area (Å²) in [6.45, 7) is -1.08. The van der Waals surface area contributed by atoms with Crippen LogP contribution in [0.3, 0.4) is 0 Å². The van der Waals surface area contributed by atoms with Gasteiger partial charge in [-0.1, -0.05) is 158 Å². The standard InChI is InChI=1S/C25H27N3O6.C22H24N2O4.C21H22N2O4.C13H14BN3O4/c29-16-19(14-24(32)33)26-23(31)15-28-21-9-5-4-8-18(21)11-12-20(25(28)34)27-22(30)13-10-17-6-2-1-3-7-17;1-28-21(26)15-24-19-10-6-5-9-17(19)12-13-18(22(24)27)23-20(25)14-11-16-7-3-2-4-8-16;24-19(13-10-15-6-2-1-3-7-15)22-17-12-11-16-8-4-5-9-18(16)23(21(17)27)14-20(25)26;1-21-11(18)7-17-10-5-3-2-4-8(10)15-6-9(12(17)19)16-13(14)20/h1-9,16,19-20H,10-15H2,(H,26,31)(H,27,30)(H,32,33);2-10,18H,11-15H2,1H3,(H,23,25);1-9,17H,10-14H2,(H,22,24)(H,25,26);2-5,9,15H,6-7H2,1H3,(H,16,20)/t19?,20-;18-;17-;9-/m0000/s1. The van der Waals surface area contributed by atoms with Gasteiger partial charge >= 0.3 is 23.9 Å². The van der Waals surface area contributed by atoms with Gasteiger partial charge in [-0.3, -0.25) is 77.0 Å². The molecule has 572 valence electrons. The number of aldehydes is 1. The number of carbonyl (C=O) groups is 14. The molecule has 7 aromatic carbocycles. The predicted molar refractivity (Wildman–Crippen MR) is 409 cm³/mol. The van der Waals surface area contributed by atoms with E-state index >= 15 is 0 Å². The number of ether oxygens (including phenoxy) is 2. The van der Waals surface area contributed by atoms with Crippen molar-refractivity contribution in [3.63, 3.8) is 0 Å². The van der Waals surface area contributed by atoms with Crippen LogP contribution < -0.4 is 51.5 Å². The van der Waals surface area contributed by atoms with Gasteiger partial charge in [0.05, 0.1) is 38.1 Å². The number of fused-ring (bicyclic) bond motifs is 4. The Morgan fingerprint density at radius 2 is 0.773 bits per heavy atom. The smallest absolute Gasteiger partial charge is 0.325 e. The molecule has 0 saturated heterocycles. The highest BCUT2D eigenvalue weighted by Gasteiger charge is 2.37. The van der Waals surface area contributed by atoms with E-state index in [9.17, 15) is 72.2 Å². The van der Waals surface area contributed by atoms with Crippen LogP contribution in [0.1, 0.15) is 78.3 Å². The molecule has 0 fully saturated rings. The van der Waals surface area contributed by atoms with Gasteiger partial charge in [-0.2, -0.15) is 0 Å². The number of methoxy groups -OCH3 is 2. The molecule has 8 N–H and O–H groups in total. The van der Waals surface area contributed by atoms with E-state index < -0.39 is 97.1 Å². The second-order valence-electron chi connectivity index (χ2n) is 25.9. The van der Waals surface area contributed by atoms with Crippen molar-refractivity contribution >= 4 is 120 Å². The van der Waals surface area contributed by atoms with E-state index in [1.54, 1.807) is 48.5 Å². The van der Waals surface area contributed by atoms with Crippen LogP contribution in [0.2, 0.25) is 0 Å². The van der Waals surface area contributed by atoms with Crippen molar-refractivity contribution in [3.05, 3.63) is 221 Å². The Balaban J connectivity index is 0.000000187. The number of esters is 2. The summed E-state index contributed by atoms with van der Waals surface area (Å²) in [6.07, 6.45) is 5.41. The number of anilines is 5. The summed E-state index contributed by atoms with van der Waals surface area (Å²) < 4.78 is 9.35. The molecular weight excluding hydrogens is 1410 g/mol. The van der Waals surface area contributed by atoms with E-state index in [2.05, 4.69) is 36.6 Å². The van der Waals surface area contributed by atoms with Gasteiger partial charge in [-0.05, 0) is 121 Å². The predicted octanol–water partition coefficient (Wildman–Crippen LogP) is 5.53. The molecule has 11 rings (SSSR count). The number of amides is 9. The summed E-state index contributed by atoms with van der Waals surface area (Å²) in [7, 11) is 7.61. The van der Waals surface area contributed by atoms with E-state index in [1.807, 2.05) is 140 Å². The lowest BCUT2D eigenvalue weighted by molar-refractivity contribution is -0.140. The molecule has 0 saturated carbocycles. The topological polar surface area (TPSA) is 383 Å². The minimum atomic E-state index is -1.23. The second-order valence-corrected chi connectivity index (χ2v) is 25.9. The van der Waals surface area contributed by atoms with Crippen molar-refractivity contribution in [2.45, 2.75) is 114 Å². The second kappa shape index (κ2) is 41.9. The number of rotatable bonds is 25. The number of para-hydroxylation sites is 5. The molecular formula is C81H87BN10O18. The van der Waals surface area contributed by atoms with Gasteiger partial charge in [0.25, 0.3) is 5.91 Å². The van der Waals surface area contributed by atoms with E-state index in [-0.39, 0.29) is 62.0 Å². The van der Waals surface area contributed by atoms with Crippen molar-refractivity contribution in [2.24, 2.45) is 0 Å². The van der Waals surface area contributed by atoms with Crippen LogP contribution in [-0.4, -0.2) is 178 Å². The third-order valence-electron chi connectivity index (χ3n) is 18.2. The van der Waals surface area contributed by atoms with E-state index in [0.29, 0.717) is 98.9 Å². The van der Waals surface area contributed by atoms with Crippen LogP contribution in [0.4, 0.5) is 33.2 Å². The van der Waals surface area contributed by atoms with Crippen molar-refractivity contribution in [2.75, 3.05) is 71.9 Å². The van der Waals surface area contributed by atoms with Crippen molar-refractivity contribution in [3.8, 4) is 0 Å². The molecule has 1 unspecified atom stereocenters. The summed E-state index contributed by atoms with van der Waals surface area (Å²) in [5, 5.41) is 34.3. The Bertz CT molecular complexity index is 4420. The maximum atomic E-state index is 13.4. The number of benzene rings is 7. The first-order chi connectivity index (χ1) is 53.0. The highest BCUT2D eigenvalue weighted by Crippen LogP contribution is 2.32. The molecule has 2 radical (unpaired) electrons. The molecule has 5 atom stereocenters. The normalized spacial score (nSPS) is 16.4. The van der Waals surface area contributed by atoms with Gasteiger partial charge in [0.15, 0.2) is 5.81 Å². The highest BCUT2D eigenvalue weighted by atomic mass is 16.5. The molecule has 29 heteroatoms. The molecule has 28 nitrogen and oxygen atoms in total. The van der Waals surface area contributed by atoms with Gasteiger partial charge in [0, 0.05) is 42.9 Å². The molecule has 0 bridgehead atoms. The fraction of sp³-hybridized carbons (Fsp3) is 0.309. The van der Waals surface area contributed by atoms with Crippen LogP contribution in [0.5, 0.6) is 0 Å². The zero-order valence-corrected chi connectivity index (χ0v) is 60.9. The quantitative estimate of drug-likeness (QED) is 0.0198. The lowest BCUT2D eigenvalue weighted by Crippen LogP contribution is -2.51. The maximum absolute atomic E-state index is 13.4. The third kappa shape index (κ3) is 24.9. The first-order valence-electron chi connectivity index (χ1n) is 35.7. The lowest BCUT2D eigenvalue weighted by atomic mass is 10.1. The Hall–Kier alpha value is -12.8. The number of nitrogens with one attached hydrogen (secondary N) is 6. The zero-order chi connectivity index (χ0) is 79.1. The Labute approximate surface area is 637 Å². The molecule has 9 amide bonds. The van der Waals surface area contributed by atoms with Crippen LogP contribution in [0.15, 0.2) is 188 Å². The molecule has 7 aromatic rings. The number of hydrogen-bond donors (Lipinski definition) is 8. The monoisotopic (exact) mass is 1500 g/mol. The van der Waals surface area contributed by atoms with Gasteiger partial charge in [0.2, 0.25) is 49.2 Å². The minimum absolute atomic E-state index is 0.175. The SMILES string of the molecule is COC(=O)CN1C(=O)[C@@H](NC(=O)CCc2ccccc2)CCc2ccccc21.O=C(O)CN1C(=O)[C@@H](NC(=O)CCc2ccccc2)CCc2ccccc21.O=CC(CC(=O)O)NC(=O)CN1C(=O)[C@@H](NC(=O)CCc2ccccc2)CCc2ccccc21.[B]C(=O)N[C@H]1CNc2ccccc2N(CC(=O)OC)C1=O. The highest BCUT2D eigenvalue weighted by molar-refractivity contribution is 6.57. The van der Waals surface area contributed by atoms with E-state index in [1.165, 1.54) is 33.8 Å². The summed E-state index contributed by atoms with van der Waals surface area (Å²) in [5.41, 5.74) is 8.95. The number of hydrogen-bond acceptors (Lipinski definition) is 17. The van der Waals surface area contributed by atoms with Crippen molar-refractivity contribution in [1.29, 1.82) is 0 Å². The van der Waals surface area contributed by atoms with Crippen molar-refractivity contribution < 1.29 is 86.8 Å². The van der Waals surface area contributed by atoms with Crippen LogP contribution in [0.25, 0.3) is 0 Å². The zero-order valence-electron chi connectivity index (χ0n) is 60.9. The first kappa shape index (κ1) is 82.8. The summed E-state index contributed by atoms with van der Waals surface area (Å²) in [5.74, 6) is -7.04. The molecule has 110 heavy (non-hydrogen) atoms. The van der Waals surface area contributed by atoms with Crippen LogP contribution in [0, 0.1) is 0 Å². The van der Waals surface area contributed by atoms with E-state index in [0.717, 1.165) is 33.4 Å². The third-order valence-corrected chi connectivity index (χ3v) is 18.2. The average Bonchev–Trinajstić information content (AvgIpc) is 1.56. The number of nitrogens with zero attached hydrogens (tertiary/aromatic N) is 4. The van der Waals surface area contributed by atoms with E-state index in [4.69, 9.17) is 17.7 Å².